The van der Waals surface area contributed by atoms with Crippen LogP contribution in [0.25, 0.3) is 6.08 Å². The summed E-state index contributed by atoms with van der Waals surface area (Å²) in [6.07, 6.45) is 2.84. The van der Waals surface area contributed by atoms with Crippen LogP contribution in [0.1, 0.15) is 5.56 Å². The van der Waals surface area contributed by atoms with Crippen molar-refractivity contribution in [1.29, 1.82) is 0 Å². The lowest BCUT2D eigenvalue weighted by Gasteiger charge is -2.03. The van der Waals surface area contributed by atoms with Gasteiger partial charge < -0.3 is 9.84 Å². The highest BCUT2D eigenvalue weighted by Gasteiger charge is 2.00. The molecule has 0 spiro atoms. The van der Waals surface area contributed by atoms with Crippen molar-refractivity contribution < 1.29 is 14.6 Å². The topological polar surface area (TPSA) is 84.6 Å². The SMILES string of the molecule is COc1cc(/C=C/C(=O)NN)ccc1O. The molecule has 80 valence electrons. The van der Waals surface area contributed by atoms with Crippen LogP contribution in [-0.4, -0.2) is 18.1 Å². The maximum atomic E-state index is 10.8. The summed E-state index contributed by atoms with van der Waals surface area (Å²) in [4.78, 5) is 10.8. The highest BCUT2D eigenvalue weighted by molar-refractivity contribution is 5.91. The number of aromatic hydroxyl groups is 1. The van der Waals surface area contributed by atoms with E-state index in [0.717, 1.165) is 5.56 Å². The van der Waals surface area contributed by atoms with Gasteiger partial charge in [-0.25, -0.2) is 5.84 Å². The Bertz CT molecular complexity index is 388. The normalized spacial score (nSPS) is 10.3. The minimum absolute atomic E-state index is 0.0536. The van der Waals surface area contributed by atoms with Crippen LogP contribution < -0.4 is 16.0 Å². The minimum Gasteiger partial charge on any atom is -0.504 e. The smallest absolute Gasteiger partial charge is 0.257 e. The van der Waals surface area contributed by atoms with Gasteiger partial charge in [0.1, 0.15) is 0 Å². The molecule has 0 radical (unpaired) electrons. The number of amides is 1. The molecular formula is C10H12N2O3. The summed E-state index contributed by atoms with van der Waals surface area (Å²) in [5.41, 5.74) is 2.70. The quantitative estimate of drug-likeness (QED) is 0.290. The van der Waals surface area contributed by atoms with Crippen molar-refractivity contribution in [1.82, 2.24) is 5.43 Å². The summed E-state index contributed by atoms with van der Waals surface area (Å²) in [6, 6.07) is 4.74. The molecular weight excluding hydrogens is 196 g/mol. The van der Waals surface area contributed by atoms with Gasteiger partial charge in [-0.2, -0.15) is 0 Å². The van der Waals surface area contributed by atoms with Crippen LogP contribution in [0.3, 0.4) is 0 Å². The van der Waals surface area contributed by atoms with E-state index in [0.29, 0.717) is 5.75 Å². The van der Waals surface area contributed by atoms with E-state index >= 15 is 0 Å². The Morgan fingerprint density at radius 2 is 2.33 bits per heavy atom. The number of hydrazine groups is 1. The summed E-state index contributed by atoms with van der Waals surface area (Å²) >= 11 is 0. The molecule has 1 rings (SSSR count). The highest BCUT2D eigenvalue weighted by Crippen LogP contribution is 2.26. The average molecular weight is 208 g/mol. The second-order valence-corrected chi connectivity index (χ2v) is 2.77. The first-order valence-corrected chi connectivity index (χ1v) is 4.23. The zero-order valence-electron chi connectivity index (χ0n) is 8.23. The van der Waals surface area contributed by atoms with E-state index in [1.54, 1.807) is 18.2 Å². The van der Waals surface area contributed by atoms with Crippen LogP contribution in [-0.2, 0) is 4.79 Å². The summed E-state index contributed by atoms with van der Waals surface area (Å²) in [6.45, 7) is 0. The lowest BCUT2D eigenvalue weighted by molar-refractivity contribution is -0.116. The van der Waals surface area contributed by atoms with Crippen molar-refractivity contribution in [3.8, 4) is 11.5 Å². The maximum absolute atomic E-state index is 10.8. The number of carbonyl (C=O) groups excluding carboxylic acids is 1. The number of nitrogens with two attached hydrogens (primary N) is 1. The number of methoxy groups -OCH3 is 1. The van der Waals surface area contributed by atoms with Gasteiger partial charge in [-0.05, 0) is 23.8 Å². The monoisotopic (exact) mass is 208 g/mol. The average Bonchev–Trinajstić information content (AvgIpc) is 2.27. The number of hydrogen-bond acceptors (Lipinski definition) is 4. The van der Waals surface area contributed by atoms with Gasteiger partial charge in [0.2, 0.25) is 0 Å². The van der Waals surface area contributed by atoms with E-state index in [4.69, 9.17) is 10.6 Å². The Hall–Kier alpha value is -2.01. The van der Waals surface area contributed by atoms with Gasteiger partial charge in [-0.15, -0.1) is 0 Å². The van der Waals surface area contributed by atoms with Crippen molar-refractivity contribution in [3.63, 3.8) is 0 Å². The van der Waals surface area contributed by atoms with Gasteiger partial charge in [0, 0.05) is 6.08 Å². The van der Waals surface area contributed by atoms with E-state index in [2.05, 4.69) is 0 Å². The van der Waals surface area contributed by atoms with Gasteiger partial charge in [0.05, 0.1) is 7.11 Å². The van der Waals surface area contributed by atoms with Crippen molar-refractivity contribution >= 4 is 12.0 Å². The Labute approximate surface area is 87.1 Å². The molecule has 0 aromatic heterocycles. The van der Waals surface area contributed by atoms with Crippen LogP contribution in [0.4, 0.5) is 0 Å². The molecule has 1 aromatic carbocycles. The van der Waals surface area contributed by atoms with Crippen LogP contribution in [0.15, 0.2) is 24.3 Å². The first kappa shape index (κ1) is 11.1. The standard InChI is InChI=1S/C10H12N2O3/c1-15-9-6-7(2-4-8(9)13)3-5-10(14)12-11/h2-6,13H,11H2,1H3,(H,12,14)/b5-3+. The number of rotatable bonds is 3. The van der Waals surface area contributed by atoms with E-state index < -0.39 is 5.91 Å². The molecule has 0 aliphatic heterocycles. The highest BCUT2D eigenvalue weighted by atomic mass is 16.5. The predicted molar refractivity (Wildman–Crippen MR) is 56.0 cm³/mol. The molecule has 0 fully saturated rings. The third-order valence-electron chi connectivity index (χ3n) is 1.77. The molecule has 5 heteroatoms. The molecule has 1 aromatic rings. The molecule has 0 aliphatic carbocycles. The Morgan fingerprint density at radius 3 is 2.93 bits per heavy atom. The van der Waals surface area contributed by atoms with Gasteiger partial charge in [-0.1, -0.05) is 6.07 Å². The lowest BCUT2D eigenvalue weighted by atomic mass is 10.2. The molecule has 0 unspecified atom stereocenters. The second kappa shape index (κ2) is 5.02. The zero-order valence-corrected chi connectivity index (χ0v) is 8.23. The Morgan fingerprint density at radius 1 is 1.60 bits per heavy atom. The third-order valence-corrected chi connectivity index (χ3v) is 1.77. The number of carbonyl (C=O) groups is 1. The molecule has 0 heterocycles. The summed E-state index contributed by atoms with van der Waals surface area (Å²) < 4.78 is 4.91. The molecule has 0 atom stereocenters. The number of benzene rings is 1. The Kier molecular flexibility index (Phi) is 3.70. The fourth-order valence-corrected chi connectivity index (χ4v) is 1.02. The number of nitrogens with one attached hydrogen (secondary N) is 1. The van der Waals surface area contributed by atoms with Gasteiger partial charge in [0.15, 0.2) is 11.5 Å². The predicted octanol–water partition coefficient (Wildman–Crippen LogP) is 0.404. The second-order valence-electron chi connectivity index (χ2n) is 2.77. The van der Waals surface area contributed by atoms with Crippen LogP contribution in [0.2, 0.25) is 0 Å². The molecule has 5 nitrogen and oxygen atoms in total. The van der Waals surface area contributed by atoms with E-state index in [1.165, 1.54) is 19.3 Å². The van der Waals surface area contributed by atoms with Crippen molar-refractivity contribution in [2.75, 3.05) is 7.11 Å². The molecule has 15 heavy (non-hydrogen) atoms. The van der Waals surface area contributed by atoms with Crippen LogP contribution in [0, 0.1) is 0 Å². The molecule has 1 amide bonds. The molecule has 0 bridgehead atoms. The molecule has 0 aliphatic rings. The lowest BCUT2D eigenvalue weighted by Crippen LogP contribution is -2.27. The minimum atomic E-state index is -0.401. The van der Waals surface area contributed by atoms with Crippen LogP contribution in [0.5, 0.6) is 11.5 Å². The summed E-state index contributed by atoms with van der Waals surface area (Å²) in [5.74, 6) is 4.91. The van der Waals surface area contributed by atoms with Crippen molar-refractivity contribution in [2.45, 2.75) is 0 Å². The van der Waals surface area contributed by atoms with Crippen LogP contribution >= 0.6 is 0 Å². The zero-order chi connectivity index (χ0) is 11.3. The first-order chi connectivity index (χ1) is 7.17. The van der Waals surface area contributed by atoms with Gasteiger partial charge >= 0.3 is 0 Å². The molecule has 0 saturated heterocycles. The van der Waals surface area contributed by atoms with Gasteiger partial charge in [-0.3, -0.25) is 10.2 Å². The maximum Gasteiger partial charge on any atom is 0.257 e. The number of ether oxygens (including phenoxy) is 1. The Balaban J connectivity index is 2.87. The van der Waals surface area contributed by atoms with E-state index in [9.17, 15) is 9.90 Å². The number of phenolic OH excluding ortho intramolecular Hbond substituents is 1. The summed E-state index contributed by atoms with van der Waals surface area (Å²) in [5, 5.41) is 9.31. The summed E-state index contributed by atoms with van der Waals surface area (Å²) in [7, 11) is 1.45. The molecule has 4 N–H and O–H groups in total. The van der Waals surface area contributed by atoms with Gasteiger partial charge in [0.25, 0.3) is 5.91 Å². The third kappa shape index (κ3) is 2.99. The fraction of sp³-hybridized carbons (Fsp3) is 0.100. The molecule has 0 saturated carbocycles. The largest absolute Gasteiger partial charge is 0.504 e. The number of hydrogen-bond donors (Lipinski definition) is 3. The first-order valence-electron chi connectivity index (χ1n) is 4.23. The van der Waals surface area contributed by atoms with Crippen molar-refractivity contribution in [2.24, 2.45) is 5.84 Å². The van der Waals surface area contributed by atoms with E-state index in [1.807, 2.05) is 5.43 Å². The van der Waals surface area contributed by atoms with Crippen molar-refractivity contribution in [3.05, 3.63) is 29.8 Å². The number of phenols is 1. The fourth-order valence-electron chi connectivity index (χ4n) is 1.02. The van der Waals surface area contributed by atoms with E-state index in [-0.39, 0.29) is 5.75 Å².